The van der Waals surface area contributed by atoms with E-state index in [9.17, 15) is 5.11 Å². The molecule has 24 heavy (non-hydrogen) atoms. The number of aliphatic hydroxyl groups excluding tert-OH is 1. The molecular weight excluding hydrogens is 312 g/mol. The van der Waals surface area contributed by atoms with E-state index in [2.05, 4.69) is 53.0 Å². The normalized spacial score (nSPS) is 13.3. The largest absolute Gasteiger partial charge is 0.849 e. The molecule has 0 heterocycles. The highest BCUT2D eigenvalue weighted by atomic mass is 28.3. The molecule has 0 aliphatic carbocycles. The molecule has 1 aromatic carbocycles. The van der Waals surface area contributed by atoms with Crippen LogP contribution in [-0.4, -0.2) is 19.8 Å². The van der Waals surface area contributed by atoms with Crippen LogP contribution in [0.2, 0.25) is 16.6 Å². The van der Waals surface area contributed by atoms with Crippen molar-refractivity contribution in [3.8, 4) is 11.5 Å². The van der Waals surface area contributed by atoms with Crippen molar-refractivity contribution in [2.45, 2.75) is 77.1 Å². The molecule has 0 saturated heterocycles. The minimum Gasteiger partial charge on any atom is -0.849 e. The lowest BCUT2D eigenvalue weighted by molar-refractivity contribution is -0.428. The van der Waals surface area contributed by atoms with Crippen LogP contribution in [0.3, 0.4) is 0 Å². The first-order valence-electron chi connectivity index (χ1n) is 9.15. The average molecular weight is 346 g/mol. The molecular formula is C21H33O2Si-. The number of aliphatic hydroxyl groups is 1. The molecule has 0 fully saturated rings. The number of hydrogen-bond acceptors (Lipinski definition) is 2. The minimum atomic E-state index is -1.71. The van der Waals surface area contributed by atoms with Crippen LogP contribution in [-0.2, 0) is 0 Å². The molecule has 0 aromatic heterocycles. The Labute approximate surface area is 149 Å². The summed E-state index contributed by atoms with van der Waals surface area (Å²) in [7, 11) is -1.71. The fourth-order valence-corrected chi connectivity index (χ4v) is 9.06. The van der Waals surface area contributed by atoms with E-state index in [4.69, 9.17) is 5.11 Å². The second-order valence-corrected chi connectivity index (χ2v) is 13.2. The molecule has 3 heteroatoms. The van der Waals surface area contributed by atoms with Gasteiger partial charge in [0.2, 0.25) is 0 Å². The van der Waals surface area contributed by atoms with Crippen LogP contribution in [0.4, 0.5) is 0 Å². The van der Waals surface area contributed by atoms with Gasteiger partial charge in [0.1, 0.15) is 8.07 Å². The second kappa shape index (κ2) is 9.41. The van der Waals surface area contributed by atoms with E-state index in [0.29, 0.717) is 29.5 Å². The lowest BCUT2D eigenvalue weighted by Gasteiger charge is -2.38. The Morgan fingerprint density at radius 3 is 1.88 bits per heavy atom. The number of hydrogen-bond donors (Lipinski definition) is 1. The lowest BCUT2D eigenvalue weighted by atomic mass is 10.0. The predicted molar refractivity (Wildman–Crippen MR) is 103 cm³/mol. The SMILES string of the molecule is CC(C)[Si](C#Cc1ccc(C([O-])CCCO)cc1)(C(C)C)C(C)C. The van der Waals surface area contributed by atoms with E-state index < -0.39 is 14.2 Å². The molecule has 1 N–H and O–H groups in total. The molecule has 0 aliphatic heterocycles. The maximum absolute atomic E-state index is 12.0. The van der Waals surface area contributed by atoms with Gasteiger partial charge in [-0.1, -0.05) is 71.6 Å². The van der Waals surface area contributed by atoms with E-state index in [1.807, 2.05) is 24.3 Å². The van der Waals surface area contributed by atoms with Crippen molar-refractivity contribution in [1.29, 1.82) is 0 Å². The topological polar surface area (TPSA) is 43.3 Å². The van der Waals surface area contributed by atoms with E-state index in [-0.39, 0.29) is 6.61 Å². The third-order valence-electron chi connectivity index (χ3n) is 5.20. The van der Waals surface area contributed by atoms with Gasteiger partial charge in [0.25, 0.3) is 0 Å². The second-order valence-electron chi connectivity index (χ2n) is 7.62. The van der Waals surface area contributed by atoms with Crippen LogP contribution in [0.5, 0.6) is 0 Å². The molecule has 0 saturated carbocycles. The van der Waals surface area contributed by atoms with E-state index >= 15 is 0 Å². The summed E-state index contributed by atoms with van der Waals surface area (Å²) in [6, 6.07) is 7.71. The van der Waals surface area contributed by atoms with Gasteiger partial charge in [-0.15, -0.1) is 11.6 Å². The molecule has 1 aromatic rings. The van der Waals surface area contributed by atoms with Gasteiger partial charge in [0, 0.05) is 12.2 Å². The molecule has 0 bridgehead atoms. The van der Waals surface area contributed by atoms with Gasteiger partial charge in [0.05, 0.1) is 0 Å². The summed E-state index contributed by atoms with van der Waals surface area (Å²) in [5.74, 6) is 3.41. The average Bonchev–Trinajstić information content (AvgIpc) is 2.52. The van der Waals surface area contributed by atoms with Gasteiger partial charge >= 0.3 is 0 Å². The fraction of sp³-hybridized carbons (Fsp3) is 0.619. The first-order chi connectivity index (χ1) is 11.3. The molecule has 134 valence electrons. The third kappa shape index (κ3) is 4.96. The minimum absolute atomic E-state index is 0.0780. The van der Waals surface area contributed by atoms with E-state index in [1.54, 1.807) is 0 Å². The van der Waals surface area contributed by atoms with Gasteiger partial charge < -0.3 is 10.2 Å². The highest BCUT2D eigenvalue weighted by Crippen LogP contribution is 2.40. The summed E-state index contributed by atoms with van der Waals surface area (Å²) >= 11 is 0. The molecule has 0 aliphatic rings. The van der Waals surface area contributed by atoms with E-state index in [0.717, 1.165) is 11.1 Å². The maximum atomic E-state index is 12.0. The smallest absolute Gasteiger partial charge is 0.146 e. The van der Waals surface area contributed by atoms with Gasteiger partial charge in [-0.05, 0) is 35.2 Å². The van der Waals surface area contributed by atoms with Crippen molar-refractivity contribution in [1.82, 2.24) is 0 Å². The zero-order chi connectivity index (χ0) is 18.3. The molecule has 0 spiro atoms. The van der Waals surface area contributed by atoms with Crippen molar-refractivity contribution in [3.63, 3.8) is 0 Å². The van der Waals surface area contributed by atoms with Gasteiger partial charge in [-0.2, -0.15) is 0 Å². The molecule has 2 nitrogen and oxygen atoms in total. The highest BCUT2D eigenvalue weighted by Gasteiger charge is 2.41. The van der Waals surface area contributed by atoms with Crippen LogP contribution in [0.25, 0.3) is 0 Å². The fourth-order valence-electron chi connectivity index (χ4n) is 3.84. The molecule has 1 rings (SSSR count). The standard InChI is InChI=1S/C21H33O2Si/c1-16(2)24(17(3)4,18(5)6)15-13-19-9-11-20(12-10-19)21(23)8-7-14-22/h9-12,16-18,21-22H,7-8,14H2,1-6H3/q-1. The molecule has 0 amide bonds. The van der Waals surface area contributed by atoms with Gasteiger partial charge in [0.15, 0.2) is 0 Å². The highest BCUT2D eigenvalue weighted by molar-refractivity contribution is 6.90. The van der Waals surface area contributed by atoms with E-state index in [1.165, 1.54) is 0 Å². The Morgan fingerprint density at radius 2 is 1.46 bits per heavy atom. The monoisotopic (exact) mass is 345 g/mol. The van der Waals surface area contributed by atoms with Crippen molar-refractivity contribution >= 4 is 8.07 Å². The van der Waals surface area contributed by atoms with Crippen molar-refractivity contribution in [3.05, 3.63) is 35.4 Å². The van der Waals surface area contributed by atoms with Crippen molar-refractivity contribution in [2.75, 3.05) is 6.61 Å². The van der Waals surface area contributed by atoms with Crippen LogP contribution >= 0.6 is 0 Å². The summed E-state index contributed by atoms with van der Waals surface area (Å²) in [5.41, 5.74) is 7.34. The van der Waals surface area contributed by atoms with Crippen LogP contribution < -0.4 is 5.11 Å². The zero-order valence-electron chi connectivity index (χ0n) is 16.1. The zero-order valence-corrected chi connectivity index (χ0v) is 17.1. The predicted octanol–water partition coefficient (Wildman–Crippen LogP) is 4.43. The maximum Gasteiger partial charge on any atom is 0.146 e. The van der Waals surface area contributed by atoms with Crippen molar-refractivity contribution < 1.29 is 10.2 Å². The number of rotatable bonds is 7. The number of benzene rings is 1. The molecule has 1 unspecified atom stereocenters. The Morgan fingerprint density at radius 1 is 0.958 bits per heavy atom. The summed E-state index contributed by atoms with van der Waals surface area (Å²) in [6.45, 7) is 14.0. The Balaban J connectivity index is 3.02. The van der Waals surface area contributed by atoms with Crippen LogP contribution in [0.15, 0.2) is 24.3 Å². The first kappa shape index (κ1) is 21.0. The lowest BCUT2D eigenvalue weighted by Crippen LogP contribution is -2.43. The molecule has 0 radical (unpaired) electrons. The molecule has 1 atom stereocenters. The summed E-state index contributed by atoms with van der Waals surface area (Å²) < 4.78 is 0. The van der Waals surface area contributed by atoms with Crippen LogP contribution in [0.1, 0.15) is 71.6 Å². The quantitative estimate of drug-likeness (QED) is 0.587. The van der Waals surface area contributed by atoms with Crippen molar-refractivity contribution in [2.24, 2.45) is 0 Å². The van der Waals surface area contributed by atoms with Gasteiger partial charge in [-0.3, -0.25) is 0 Å². The third-order valence-corrected chi connectivity index (χ3v) is 11.5. The summed E-state index contributed by atoms with van der Waals surface area (Å²) in [4.78, 5) is 0. The Bertz CT molecular complexity index is 528. The Kier molecular flexibility index (Phi) is 8.22. The van der Waals surface area contributed by atoms with Gasteiger partial charge in [-0.25, -0.2) is 0 Å². The van der Waals surface area contributed by atoms with Crippen LogP contribution in [0, 0.1) is 11.5 Å². The Hall–Kier alpha value is -1.08. The summed E-state index contributed by atoms with van der Waals surface area (Å²) in [5, 5.41) is 20.9. The first-order valence-corrected chi connectivity index (χ1v) is 11.4. The summed E-state index contributed by atoms with van der Waals surface area (Å²) in [6.07, 6.45) is 0.279.